The molecule has 142 valence electrons. The van der Waals surface area contributed by atoms with Gasteiger partial charge in [-0.1, -0.05) is 30.3 Å². The predicted octanol–water partition coefficient (Wildman–Crippen LogP) is 2.42. The second kappa shape index (κ2) is 6.09. The monoisotopic (exact) mass is 385 g/mol. The Morgan fingerprint density at radius 3 is 2.70 bits per heavy atom. The number of aryl methyl sites for hydroxylation is 1. The Bertz CT molecular complexity index is 989. The molecule has 3 heterocycles. The molecule has 1 saturated carbocycles. The second-order valence-corrected chi connectivity index (χ2v) is 10.1. The summed E-state index contributed by atoms with van der Waals surface area (Å²) in [5.74, 6) is 0.705. The van der Waals surface area contributed by atoms with E-state index < -0.39 is 10.0 Å². The van der Waals surface area contributed by atoms with Gasteiger partial charge < -0.3 is 4.74 Å². The van der Waals surface area contributed by atoms with Crippen molar-refractivity contribution in [1.29, 1.82) is 0 Å². The van der Waals surface area contributed by atoms with Gasteiger partial charge in [-0.3, -0.25) is 0 Å². The highest BCUT2D eigenvalue weighted by Crippen LogP contribution is 2.43. The first kappa shape index (κ1) is 17.3. The summed E-state index contributed by atoms with van der Waals surface area (Å²) >= 11 is 0. The maximum absolute atomic E-state index is 12.7. The van der Waals surface area contributed by atoms with Crippen LogP contribution in [0, 0.1) is 6.92 Å². The van der Waals surface area contributed by atoms with Crippen LogP contribution in [-0.2, 0) is 26.8 Å². The Balaban J connectivity index is 1.57. The van der Waals surface area contributed by atoms with Crippen molar-refractivity contribution in [2.75, 3.05) is 19.7 Å². The summed E-state index contributed by atoms with van der Waals surface area (Å²) in [5, 5.41) is -0.177. The van der Waals surface area contributed by atoms with Crippen LogP contribution in [0.15, 0.2) is 30.3 Å². The molecular weight excluding hydrogens is 362 g/mol. The lowest BCUT2D eigenvalue weighted by atomic mass is 9.80. The summed E-state index contributed by atoms with van der Waals surface area (Å²) in [7, 11) is -3.18. The maximum atomic E-state index is 12.7. The molecule has 0 radical (unpaired) electrons. The van der Waals surface area contributed by atoms with E-state index in [2.05, 4.69) is 0 Å². The Hall–Kier alpha value is -1.83. The minimum atomic E-state index is -3.18. The van der Waals surface area contributed by atoms with Crippen LogP contribution >= 0.6 is 0 Å². The number of ether oxygens (including phenoxy) is 1. The average molecular weight is 385 g/mol. The number of nitrogens with zero attached hydrogens (tertiary/aromatic N) is 3. The largest absolute Gasteiger partial charge is 0.376 e. The molecule has 6 nitrogen and oxygen atoms in total. The first-order valence-electron chi connectivity index (χ1n) is 9.50. The number of aromatic nitrogens is 2. The van der Waals surface area contributed by atoms with Crippen LogP contribution in [0.1, 0.15) is 36.2 Å². The number of fused-ring (bicyclic) bond motifs is 2. The Morgan fingerprint density at radius 1 is 1.19 bits per heavy atom. The number of hydrogen-bond acceptors (Lipinski definition) is 5. The lowest BCUT2D eigenvalue weighted by Gasteiger charge is -2.35. The highest BCUT2D eigenvalue weighted by atomic mass is 32.2. The van der Waals surface area contributed by atoms with Crippen molar-refractivity contribution in [2.24, 2.45) is 0 Å². The first-order chi connectivity index (χ1) is 13.0. The van der Waals surface area contributed by atoms with Crippen molar-refractivity contribution in [3.05, 3.63) is 47.3 Å². The Kier molecular flexibility index (Phi) is 3.90. The molecule has 1 aromatic heterocycles. The van der Waals surface area contributed by atoms with Gasteiger partial charge in [-0.15, -0.1) is 0 Å². The molecule has 0 bridgehead atoms. The van der Waals surface area contributed by atoms with Gasteiger partial charge in [0.05, 0.1) is 29.6 Å². The molecule has 2 aromatic rings. The van der Waals surface area contributed by atoms with E-state index >= 15 is 0 Å². The summed E-state index contributed by atoms with van der Waals surface area (Å²) in [4.78, 5) is 9.64. The van der Waals surface area contributed by atoms with Gasteiger partial charge in [-0.05, 0) is 26.2 Å². The molecule has 5 rings (SSSR count). The zero-order valence-electron chi connectivity index (χ0n) is 15.4. The molecule has 1 unspecified atom stereocenters. The van der Waals surface area contributed by atoms with E-state index in [1.807, 2.05) is 37.3 Å². The van der Waals surface area contributed by atoms with E-state index in [9.17, 15) is 8.42 Å². The highest BCUT2D eigenvalue weighted by molar-refractivity contribution is 7.90. The number of rotatable bonds is 3. The molecule has 0 N–H and O–H groups in total. The van der Waals surface area contributed by atoms with Gasteiger partial charge in [-0.25, -0.2) is 22.7 Å². The summed E-state index contributed by atoms with van der Waals surface area (Å²) in [6.07, 6.45) is 2.33. The fourth-order valence-corrected chi connectivity index (χ4v) is 6.21. The minimum absolute atomic E-state index is 0.177. The SMILES string of the molecule is Cc1nc(-c2ccccc2)nc2c1COCC21CCN(S(=O)(=O)C2CC2)C1. The molecule has 1 atom stereocenters. The zero-order chi connectivity index (χ0) is 18.6. The summed E-state index contributed by atoms with van der Waals surface area (Å²) in [5.41, 5.74) is 3.53. The lowest BCUT2D eigenvalue weighted by Crippen LogP contribution is -2.42. The van der Waals surface area contributed by atoms with E-state index in [1.54, 1.807) is 4.31 Å². The van der Waals surface area contributed by atoms with Crippen LogP contribution in [0.5, 0.6) is 0 Å². The van der Waals surface area contributed by atoms with Crippen LogP contribution < -0.4 is 0 Å². The smallest absolute Gasteiger partial charge is 0.217 e. The van der Waals surface area contributed by atoms with Gasteiger partial charge in [0.2, 0.25) is 10.0 Å². The van der Waals surface area contributed by atoms with Crippen molar-refractivity contribution in [1.82, 2.24) is 14.3 Å². The van der Waals surface area contributed by atoms with Gasteiger partial charge in [0.1, 0.15) is 0 Å². The zero-order valence-corrected chi connectivity index (χ0v) is 16.2. The van der Waals surface area contributed by atoms with Crippen LogP contribution in [0.2, 0.25) is 0 Å². The average Bonchev–Trinajstić information content (AvgIpc) is 3.45. The number of benzene rings is 1. The van der Waals surface area contributed by atoms with Crippen LogP contribution in [0.4, 0.5) is 0 Å². The standard InChI is InChI=1S/C20H23N3O3S/c1-14-17-11-26-13-20(9-10-23(12-20)27(24,25)16-7-8-16)18(17)22-19(21-14)15-5-3-2-4-6-15/h2-6,16H,7-13H2,1H3. The summed E-state index contributed by atoms with van der Waals surface area (Å²) in [6.45, 7) is 4.01. The lowest BCUT2D eigenvalue weighted by molar-refractivity contribution is 0.0527. The Labute approximate surface area is 159 Å². The molecule has 7 heteroatoms. The van der Waals surface area contributed by atoms with Gasteiger partial charge in [0, 0.05) is 29.9 Å². The Morgan fingerprint density at radius 2 is 1.96 bits per heavy atom. The summed E-state index contributed by atoms with van der Waals surface area (Å²) in [6, 6.07) is 9.94. The van der Waals surface area contributed by atoms with Crippen molar-refractivity contribution >= 4 is 10.0 Å². The van der Waals surface area contributed by atoms with Gasteiger partial charge in [0.25, 0.3) is 0 Å². The van der Waals surface area contributed by atoms with E-state index in [0.717, 1.165) is 41.8 Å². The third-order valence-corrected chi connectivity index (χ3v) is 8.34. The third-order valence-electron chi connectivity index (χ3n) is 6.00. The van der Waals surface area contributed by atoms with Gasteiger partial charge in [-0.2, -0.15) is 0 Å². The van der Waals surface area contributed by atoms with Crippen LogP contribution in [0.25, 0.3) is 11.4 Å². The fraction of sp³-hybridized carbons (Fsp3) is 0.500. The molecular formula is C20H23N3O3S. The van der Waals surface area contributed by atoms with Crippen molar-refractivity contribution in [3.63, 3.8) is 0 Å². The van der Waals surface area contributed by atoms with E-state index in [0.29, 0.717) is 32.1 Å². The molecule has 1 aromatic carbocycles. The molecule has 27 heavy (non-hydrogen) atoms. The van der Waals surface area contributed by atoms with Crippen molar-refractivity contribution in [2.45, 2.75) is 43.5 Å². The second-order valence-electron chi connectivity index (χ2n) is 7.93. The van der Waals surface area contributed by atoms with Crippen molar-refractivity contribution in [3.8, 4) is 11.4 Å². The van der Waals surface area contributed by atoms with E-state index in [1.165, 1.54) is 0 Å². The first-order valence-corrected chi connectivity index (χ1v) is 11.0. The number of hydrogen-bond donors (Lipinski definition) is 0. The van der Waals surface area contributed by atoms with Crippen molar-refractivity contribution < 1.29 is 13.2 Å². The maximum Gasteiger partial charge on any atom is 0.217 e. The van der Waals surface area contributed by atoms with Gasteiger partial charge >= 0.3 is 0 Å². The third kappa shape index (κ3) is 2.80. The van der Waals surface area contributed by atoms with E-state index in [4.69, 9.17) is 14.7 Å². The minimum Gasteiger partial charge on any atom is -0.376 e. The molecule has 0 amide bonds. The predicted molar refractivity (Wildman–Crippen MR) is 102 cm³/mol. The highest BCUT2D eigenvalue weighted by Gasteiger charge is 2.51. The number of sulfonamides is 1. The van der Waals surface area contributed by atoms with Crippen LogP contribution in [-0.4, -0.2) is 47.6 Å². The normalized spacial score (nSPS) is 25.7. The molecule has 1 saturated heterocycles. The molecule has 3 aliphatic rings. The fourth-order valence-electron chi connectivity index (χ4n) is 4.28. The molecule has 1 aliphatic carbocycles. The quantitative estimate of drug-likeness (QED) is 0.811. The molecule has 2 fully saturated rings. The summed E-state index contributed by atoms with van der Waals surface area (Å²) < 4.78 is 33.0. The van der Waals surface area contributed by atoms with E-state index in [-0.39, 0.29) is 10.7 Å². The molecule has 1 spiro atoms. The molecule has 2 aliphatic heterocycles. The van der Waals surface area contributed by atoms with Gasteiger partial charge in [0.15, 0.2) is 5.82 Å². The van der Waals surface area contributed by atoms with Crippen LogP contribution in [0.3, 0.4) is 0 Å². The topological polar surface area (TPSA) is 72.4 Å².